The van der Waals surface area contributed by atoms with Crippen molar-refractivity contribution in [2.45, 2.75) is 52.0 Å². The Labute approximate surface area is 152 Å². The zero-order valence-corrected chi connectivity index (χ0v) is 16.7. The van der Waals surface area contributed by atoms with E-state index >= 15 is 0 Å². The topological polar surface area (TPSA) is 60.9 Å². The molecule has 6 nitrogen and oxygen atoms in total. The van der Waals surface area contributed by atoms with E-state index in [-0.39, 0.29) is 11.3 Å². The monoisotopic (exact) mass is 371 g/mol. The van der Waals surface area contributed by atoms with E-state index in [4.69, 9.17) is 0 Å². The van der Waals surface area contributed by atoms with Gasteiger partial charge >= 0.3 is 0 Å². The van der Waals surface area contributed by atoms with Crippen molar-refractivity contribution in [2.24, 2.45) is 11.3 Å². The van der Waals surface area contributed by atoms with Crippen molar-refractivity contribution >= 4 is 15.9 Å². The molecule has 3 fully saturated rings. The number of hydrogen-bond donors (Lipinski definition) is 0. The molecule has 144 valence electrons. The van der Waals surface area contributed by atoms with E-state index < -0.39 is 10.0 Å². The molecular formula is C18H33N3O3S. The Morgan fingerprint density at radius 1 is 1.00 bits per heavy atom. The number of carbonyl (C=O) groups excluding carboxylic acids is 1. The normalized spacial score (nSPS) is 26.6. The van der Waals surface area contributed by atoms with Crippen LogP contribution in [0.15, 0.2) is 0 Å². The van der Waals surface area contributed by atoms with Crippen LogP contribution in [0.2, 0.25) is 0 Å². The highest BCUT2D eigenvalue weighted by atomic mass is 32.2. The summed E-state index contributed by atoms with van der Waals surface area (Å²) in [6.45, 7) is 9.46. The molecule has 2 saturated heterocycles. The Morgan fingerprint density at radius 2 is 1.64 bits per heavy atom. The third-order valence-corrected chi connectivity index (χ3v) is 7.84. The fraction of sp³-hybridized carbons (Fsp3) is 0.944. The summed E-state index contributed by atoms with van der Waals surface area (Å²) >= 11 is 0. The molecule has 0 atom stereocenters. The number of rotatable bonds is 3. The fourth-order valence-corrected chi connectivity index (χ4v) is 5.64. The van der Waals surface area contributed by atoms with E-state index in [0.29, 0.717) is 25.0 Å². The Hall–Kier alpha value is -0.660. The van der Waals surface area contributed by atoms with Gasteiger partial charge in [0.15, 0.2) is 0 Å². The van der Waals surface area contributed by atoms with Crippen LogP contribution in [0.3, 0.4) is 0 Å². The van der Waals surface area contributed by atoms with Gasteiger partial charge in [0.05, 0.1) is 6.26 Å². The van der Waals surface area contributed by atoms with Gasteiger partial charge in [-0.3, -0.25) is 9.69 Å². The average Bonchev–Trinajstić information content (AvgIpc) is 2.77. The first-order valence-corrected chi connectivity index (χ1v) is 11.5. The van der Waals surface area contributed by atoms with Gasteiger partial charge in [0, 0.05) is 51.2 Å². The van der Waals surface area contributed by atoms with E-state index in [1.165, 1.54) is 6.26 Å². The maximum Gasteiger partial charge on any atom is 0.225 e. The van der Waals surface area contributed by atoms with Crippen molar-refractivity contribution in [1.82, 2.24) is 14.1 Å². The summed E-state index contributed by atoms with van der Waals surface area (Å²) in [7, 11) is -3.07. The Bertz CT molecular complexity index is 589. The predicted octanol–water partition coefficient (Wildman–Crippen LogP) is 1.38. The number of hydrogen-bond acceptors (Lipinski definition) is 4. The molecule has 0 bridgehead atoms. The third-order valence-electron chi connectivity index (χ3n) is 6.53. The van der Waals surface area contributed by atoms with E-state index in [1.807, 2.05) is 0 Å². The van der Waals surface area contributed by atoms with Gasteiger partial charge in [-0.15, -0.1) is 0 Å². The molecule has 25 heavy (non-hydrogen) atoms. The second-order valence-corrected chi connectivity index (χ2v) is 10.6. The van der Waals surface area contributed by atoms with Crippen molar-refractivity contribution < 1.29 is 13.2 Å². The molecular weight excluding hydrogens is 338 g/mol. The van der Waals surface area contributed by atoms with Crippen LogP contribution in [0.5, 0.6) is 0 Å². The van der Waals surface area contributed by atoms with Crippen LogP contribution in [-0.4, -0.2) is 80.0 Å². The molecule has 7 heteroatoms. The molecule has 3 rings (SSSR count). The zero-order chi connectivity index (χ0) is 18.2. The SMILES string of the molecule is CC(C)N1CCCN(C(=O)C2CC3(CCN(S(C)(=O)=O)CC3)C2)CC1. The summed E-state index contributed by atoms with van der Waals surface area (Å²) in [5.74, 6) is 0.497. The lowest BCUT2D eigenvalue weighted by molar-refractivity contribution is -0.145. The number of nitrogens with zero attached hydrogens (tertiary/aromatic N) is 3. The van der Waals surface area contributed by atoms with Crippen LogP contribution in [0.1, 0.15) is 46.0 Å². The summed E-state index contributed by atoms with van der Waals surface area (Å²) in [6, 6.07) is 0.544. The standard InChI is InChI=1S/C18H33N3O3S/c1-15(2)19-7-4-8-20(12-11-19)17(22)16-13-18(14-16)5-9-21(10-6-18)25(3,23)24/h15-16H,4-14H2,1-3H3. The van der Waals surface area contributed by atoms with Gasteiger partial charge in [-0.25, -0.2) is 12.7 Å². The van der Waals surface area contributed by atoms with Crippen molar-refractivity contribution in [3.05, 3.63) is 0 Å². The zero-order valence-electron chi connectivity index (χ0n) is 15.9. The summed E-state index contributed by atoms with van der Waals surface area (Å²) in [4.78, 5) is 17.4. The molecule has 1 saturated carbocycles. The first kappa shape index (κ1) is 19.1. The molecule has 3 aliphatic rings. The van der Waals surface area contributed by atoms with Gasteiger partial charge in [-0.2, -0.15) is 0 Å². The van der Waals surface area contributed by atoms with Gasteiger partial charge in [0.2, 0.25) is 15.9 Å². The highest BCUT2D eigenvalue weighted by molar-refractivity contribution is 7.88. The van der Waals surface area contributed by atoms with E-state index in [2.05, 4.69) is 23.6 Å². The van der Waals surface area contributed by atoms with Crippen LogP contribution >= 0.6 is 0 Å². The van der Waals surface area contributed by atoms with Gasteiger partial charge < -0.3 is 4.90 Å². The summed E-state index contributed by atoms with van der Waals surface area (Å²) in [5, 5.41) is 0. The largest absolute Gasteiger partial charge is 0.341 e. The predicted molar refractivity (Wildman–Crippen MR) is 98.7 cm³/mol. The number of amides is 1. The minimum absolute atomic E-state index is 0.162. The number of sulfonamides is 1. The van der Waals surface area contributed by atoms with Crippen LogP contribution in [0.25, 0.3) is 0 Å². The first-order chi connectivity index (χ1) is 11.7. The van der Waals surface area contributed by atoms with E-state index in [1.54, 1.807) is 4.31 Å². The lowest BCUT2D eigenvalue weighted by Crippen LogP contribution is -2.52. The second-order valence-electron chi connectivity index (χ2n) is 8.58. The molecule has 2 aliphatic heterocycles. The quantitative estimate of drug-likeness (QED) is 0.752. The van der Waals surface area contributed by atoms with E-state index in [0.717, 1.165) is 58.3 Å². The average molecular weight is 372 g/mol. The maximum absolute atomic E-state index is 12.9. The Morgan fingerprint density at radius 3 is 2.20 bits per heavy atom. The third kappa shape index (κ3) is 4.19. The van der Waals surface area contributed by atoms with Gasteiger partial charge in [-0.1, -0.05) is 0 Å². The fourth-order valence-electron chi connectivity index (χ4n) is 4.79. The molecule has 1 aliphatic carbocycles. The van der Waals surface area contributed by atoms with Crippen LogP contribution in [-0.2, 0) is 14.8 Å². The minimum atomic E-state index is -3.07. The van der Waals surface area contributed by atoms with E-state index in [9.17, 15) is 13.2 Å². The summed E-state index contributed by atoms with van der Waals surface area (Å²) in [6.07, 6.45) is 6.07. The lowest BCUT2D eigenvalue weighted by atomic mass is 9.57. The molecule has 0 N–H and O–H groups in total. The van der Waals surface area contributed by atoms with Gasteiger partial charge in [0.1, 0.15) is 0 Å². The first-order valence-electron chi connectivity index (χ1n) is 9.68. The second kappa shape index (κ2) is 7.16. The molecule has 1 amide bonds. The van der Waals surface area contributed by atoms with Crippen molar-refractivity contribution in [2.75, 3.05) is 45.5 Å². The highest BCUT2D eigenvalue weighted by Gasteiger charge is 2.50. The Kier molecular flexibility index (Phi) is 5.47. The molecule has 0 aromatic rings. The maximum atomic E-state index is 12.9. The molecule has 0 aromatic heterocycles. The summed E-state index contributed by atoms with van der Waals surface area (Å²) in [5.41, 5.74) is 0.220. The molecule has 0 aromatic carbocycles. The molecule has 0 unspecified atom stereocenters. The molecule has 0 radical (unpaired) electrons. The highest BCUT2D eigenvalue weighted by Crippen LogP contribution is 2.53. The molecule has 2 heterocycles. The van der Waals surface area contributed by atoms with Crippen LogP contribution < -0.4 is 0 Å². The smallest absolute Gasteiger partial charge is 0.225 e. The van der Waals surface area contributed by atoms with Gasteiger partial charge in [0.25, 0.3) is 0 Å². The minimum Gasteiger partial charge on any atom is -0.341 e. The van der Waals surface area contributed by atoms with Crippen molar-refractivity contribution in [3.63, 3.8) is 0 Å². The number of piperidine rings is 1. The summed E-state index contributed by atoms with van der Waals surface area (Å²) < 4.78 is 24.9. The van der Waals surface area contributed by atoms with Crippen LogP contribution in [0.4, 0.5) is 0 Å². The van der Waals surface area contributed by atoms with Gasteiger partial charge in [-0.05, 0) is 51.4 Å². The van der Waals surface area contributed by atoms with Crippen molar-refractivity contribution in [1.29, 1.82) is 0 Å². The Balaban J connectivity index is 1.49. The lowest BCUT2D eigenvalue weighted by Gasteiger charge is -2.52. The number of carbonyl (C=O) groups is 1. The molecule has 1 spiro atoms. The van der Waals surface area contributed by atoms with Crippen LogP contribution in [0, 0.1) is 11.3 Å². The van der Waals surface area contributed by atoms with Crippen molar-refractivity contribution in [3.8, 4) is 0 Å².